The number of rotatable bonds is 9. The number of amides is 1. The highest BCUT2D eigenvalue weighted by Gasteiger charge is 2.20. The molecule has 0 heterocycles. The van der Waals surface area contributed by atoms with E-state index in [1.807, 2.05) is 7.05 Å². The lowest BCUT2D eigenvalue weighted by Crippen LogP contribution is -2.31. The Morgan fingerprint density at radius 3 is 2.47 bits per heavy atom. The second-order valence-electron chi connectivity index (χ2n) is 6.10. The van der Waals surface area contributed by atoms with Crippen molar-refractivity contribution in [3.8, 4) is 0 Å². The summed E-state index contributed by atoms with van der Waals surface area (Å²) in [4.78, 5) is 12.0. The summed E-state index contributed by atoms with van der Waals surface area (Å²) >= 11 is 0. The van der Waals surface area contributed by atoms with Gasteiger partial charge in [0.1, 0.15) is 0 Å². The first-order chi connectivity index (χ1) is 9.24. The Hall–Kier alpha value is -0.570. The third kappa shape index (κ3) is 7.56. The van der Waals surface area contributed by atoms with Crippen LogP contribution in [0.1, 0.15) is 64.7 Å². The van der Waals surface area contributed by atoms with Gasteiger partial charge in [-0.05, 0) is 38.8 Å². The van der Waals surface area contributed by atoms with Crippen molar-refractivity contribution in [3.05, 3.63) is 0 Å². The van der Waals surface area contributed by atoms with Crippen molar-refractivity contribution >= 4 is 5.91 Å². The van der Waals surface area contributed by atoms with E-state index in [9.17, 15) is 4.79 Å². The fourth-order valence-corrected chi connectivity index (χ4v) is 3.02. The number of hydrogen-bond donors (Lipinski definition) is 2. The summed E-state index contributed by atoms with van der Waals surface area (Å²) in [5.41, 5.74) is 0. The predicted molar refractivity (Wildman–Crippen MR) is 81.1 cm³/mol. The number of nitrogens with one attached hydrogen (secondary N) is 2. The molecule has 1 atom stereocenters. The molecule has 0 aromatic carbocycles. The molecule has 1 rings (SSSR count). The molecule has 1 fully saturated rings. The first kappa shape index (κ1) is 16.5. The van der Waals surface area contributed by atoms with Crippen LogP contribution in [0.15, 0.2) is 0 Å². The molecule has 2 N–H and O–H groups in total. The monoisotopic (exact) mass is 268 g/mol. The van der Waals surface area contributed by atoms with Crippen molar-refractivity contribution in [1.29, 1.82) is 0 Å². The Kier molecular flexibility index (Phi) is 8.89. The van der Waals surface area contributed by atoms with E-state index in [1.165, 1.54) is 44.9 Å². The van der Waals surface area contributed by atoms with Crippen LogP contribution in [-0.4, -0.2) is 26.0 Å². The molecule has 0 unspecified atom stereocenters. The van der Waals surface area contributed by atoms with Crippen molar-refractivity contribution in [2.45, 2.75) is 64.7 Å². The van der Waals surface area contributed by atoms with Crippen LogP contribution in [0.25, 0.3) is 0 Å². The second kappa shape index (κ2) is 10.2. The van der Waals surface area contributed by atoms with Crippen molar-refractivity contribution in [1.82, 2.24) is 10.6 Å². The van der Waals surface area contributed by atoms with Crippen LogP contribution in [0.3, 0.4) is 0 Å². The molecule has 0 aliphatic heterocycles. The van der Waals surface area contributed by atoms with Gasteiger partial charge in [-0.2, -0.15) is 0 Å². The highest BCUT2D eigenvalue weighted by Crippen LogP contribution is 2.28. The maximum Gasteiger partial charge on any atom is 0.222 e. The molecule has 3 nitrogen and oxygen atoms in total. The van der Waals surface area contributed by atoms with Crippen LogP contribution in [0, 0.1) is 11.8 Å². The molecular weight excluding hydrogens is 236 g/mol. The average molecular weight is 268 g/mol. The van der Waals surface area contributed by atoms with E-state index in [2.05, 4.69) is 17.6 Å². The highest BCUT2D eigenvalue weighted by atomic mass is 16.1. The molecule has 0 aromatic rings. The smallest absolute Gasteiger partial charge is 0.222 e. The normalized spacial score (nSPS) is 18.2. The maximum atomic E-state index is 12.0. The van der Waals surface area contributed by atoms with Crippen LogP contribution in [0.4, 0.5) is 0 Å². The minimum Gasteiger partial charge on any atom is -0.356 e. The van der Waals surface area contributed by atoms with Gasteiger partial charge in [0.25, 0.3) is 0 Å². The summed E-state index contributed by atoms with van der Waals surface area (Å²) in [6.45, 7) is 4.01. The lowest BCUT2D eigenvalue weighted by molar-refractivity contribution is -0.125. The zero-order valence-electron chi connectivity index (χ0n) is 12.8. The van der Waals surface area contributed by atoms with Gasteiger partial charge in [-0.15, -0.1) is 0 Å². The summed E-state index contributed by atoms with van der Waals surface area (Å²) in [7, 11) is 1.98. The minimum atomic E-state index is 0.195. The third-order valence-electron chi connectivity index (χ3n) is 4.26. The van der Waals surface area contributed by atoms with Gasteiger partial charge in [-0.1, -0.05) is 45.4 Å². The van der Waals surface area contributed by atoms with E-state index >= 15 is 0 Å². The SMILES string of the molecule is CNCCCCCNC(=O)[C@H](C)CC1CCCCC1. The zero-order chi connectivity index (χ0) is 13.9. The number of carbonyl (C=O) groups excluding carboxylic acids is 1. The molecule has 0 radical (unpaired) electrons. The lowest BCUT2D eigenvalue weighted by atomic mass is 9.83. The molecule has 0 saturated heterocycles. The molecule has 1 aliphatic carbocycles. The lowest BCUT2D eigenvalue weighted by Gasteiger charge is -2.24. The van der Waals surface area contributed by atoms with Gasteiger partial charge in [0.05, 0.1) is 0 Å². The highest BCUT2D eigenvalue weighted by molar-refractivity contribution is 5.78. The quantitative estimate of drug-likeness (QED) is 0.631. The Bertz CT molecular complexity index is 237. The van der Waals surface area contributed by atoms with Crippen molar-refractivity contribution in [2.24, 2.45) is 11.8 Å². The summed E-state index contributed by atoms with van der Waals surface area (Å²) in [5.74, 6) is 1.25. The largest absolute Gasteiger partial charge is 0.356 e. The van der Waals surface area contributed by atoms with Crippen LogP contribution < -0.4 is 10.6 Å². The fourth-order valence-electron chi connectivity index (χ4n) is 3.02. The van der Waals surface area contributed by atoms with Gasteiger partial charge in [0.15, 0.2) is 0 Å². The Labute approximate surface area is 118 Å². The van der Waals surface area contributed by atoms with Crippen LogP contribution in [-0.2, 0) is 4.79 Å². The zero-order valence-corrected chi connectivity index (χ0v) is 12.8. The number of carbonyl (C=O) groups is 1. The van der Waals surface area contributed by atoms with Gasteiger partial charge in [-0.25, -0.2) is 0 Å². The fraction of sp³-hybridized carbons (Fsp3) is 0.938. The summed E-state index contributed by atoms with van der Waals surface area (Å²) in [6, 6.07) is 0. The van der Waals surface area contributed by atoms with Gasteiger partial charge >= 0.3 is 0 Å². The van der Waals surface area contributed by atoms with E-state index < -0.39 is 0 Å². The van der Waals surface area contributed by atoms with E-state index in [-0.39, 0.29) is 11.8 Å². The van der Waals surface area contributed by atoms with E-state index in [4.69, 9.17) is 0 Å². The first-order valence-electron chi connectivity index (χ1n) is 8.16. The van der Waals surface area contributed by atoms with Gasteiger partial charge < -0.3 is 10.6 Å². The predicted octanol–water partition coefficient (Wildman–Crippen LogP) is 3.10. The van der Waals surface area contributed by atoms with Crippen molar-refractivity contribution in [3.63, 3.8) is 0 Å². The Morgan fingerprint density at radius 2 is 1.79 bits per heavy atom. The van der Waals surface area contributed by atoms with E-state index in [1.54, 1.807) is 0 Å². The maximum absolute atomic E-state index is 12.0. The average Bonchev–Trinajstić information content (AvgIpc) is 2.43. The molecule has 1 aliphatic rings. The summed E-state index contributed by atoms with van der Waals surface area (Å²) in [5, 5.41) is 6.23. The van der Waals surface area contributed by atoms with E-state index in [0.717, 1.165) is 31.8 Å². The van der Waals surface area contributed by atoms with Crippen molar-refractivity contribution < 1.29 is 4.79 Å². The standard InChI is InChI=1S/C16H32N2O/c1-14(13-15-9-5-3-6-10-15)16(19)18-12-8-4-7-11-17-2/h14-15,17H,3-13H2,1-2H3,(H,18,19)/t14-/m1/s1. The summed E-state index contributed by atoms with van der Waals surface area (Å²) in [6.07, 6.45) is 11.4. The second-order valence-corrected chi connectivity index (χ2v) is 6.10. The molecule has 0 spiro atoms. The van der Waals surface area contributed by atoms with E-state index in [0.29, 0.717) is 0 Å². The molecule has 1 saturated carbocycles. The van der Waals surface area contributed by atoms with Crippen molar-refractivity contribution in [2.75, 3.05) is 20.1 Å². The Balaban J connectivity index is 2.04. The molecule has 19 heavy (non-hydrogen) atoms. The summed E-state index contributed by atoms with van der Waals surface area (Å²) < 4.78 is 0. The third-order valence-corrected chi connectivity index (χ3v) is 4.26. The molecule has 0 aromatic heterocycles. The molecule has 3 heteroatoms. The molecule has 0 bridgehead atoms. The van der Waals surface area contributed by atoms with Gasteiger partial charge in [0.2, 0.25) is 5.91 Å². The topological polar surface area (TPSA) is 41.1 Å². The number of unbranched alkanes of at least 4 members (excludes halogenated alkanes) is 2. The molecular formula is C16H32N2O. The van der Waals surface area contributed by atoms with Crippen LogP contribution >= 0.6 is 0 Å². The van der Waals surface area contributed by atoms with Gasteiger partial charge in [0, 0.05) is 12.5 Å². The first-order valence-corrected chi connectivity index (χ1v) is 8.16. The minimum absolute atomic E-state index is 0.195. The Morgan fingerprint density at radius 1 is 1.11 bits per heavy atom. The number of hydrogen-bond acceptors (Lipinski definition) is 2. The molecule has 1 amide bonds. The molecule has 112 valence electrons. The van der Waals surface area contributed by atoms with Crippen LogP contribution in [0.2, 0.25) is 0 Å². The van der Waals surface area contributed by atoms with Gasteiger partial charge in [-0.3, -0.25) is 4.79 Å². The van der Waals surface area contributed by atoms with Crippen LogP contribution in [0.5, 0.6) is 0 Å².